The fraction of sp³-hybridized carbons (Fsp3) is 0.385. The van der Waals surface area contributed by atoms with Gasteiger partial charge < -0.3 is 15.0 Å². The number of carbonyl (C=O) groups is 2. The molecule has 0 aliphatic carbocycles. The van der Waals surface area contributed by atoms with E-state index in [-0.39, 0.29) is 42.9 Å². The third-order valence-electron chi connectivity index (χ3n) is 6.50. The van der Waals surface area contributed by atoms with Gasteiger partial charge in [-0.15, -0.1) is 0 Å². The fourth-order valence-corrected chi connectivity index (χ4v) is 4.62. The Hall–Kier alpha value is -3.88. The van der Waals surface area contributed by atoms with Gasteiger partial charge in [0.2, 0.25) is 11.8 Å². The molecule has 0 atom stereocenters. The highest BCUT2D eigenvalue weighted by molar-refractivity contribution is 5.82. The third kappa shape index (κ3) is 5.13. The Morgan fingerprint density at radius 1 is 1.00 bits per heavy atom. The van der Waals surface area contributed by atoms with E-state index in [2.05, 4.69) is 5.32 Å². The molecule has 1 saturated heterocycles. The van der Waals surface area contributed by atoms with E-state index >= 15 is 0 Å². The molecule has 0 unspecified atom stereocenters. The van der Waals surface area contributed by atoms with Gasteiger partial charge in [-0.2, -0.15) is 0 Å². The van der Waals surface area contributed by atoms with Crippen molar-refractivity contribution >= 4 is 22.7 Å². The fourth-order valence-electron chi connectivity index (χ4n) is 4.62. The molecule has 0 spiro atoms. The number of para-hydroxylation sites is 2. The first-order valence-electron chi connectivity index (χ1n) is 11.8. The summed E-state index contributed by atoms with van der Waals surface area (Å²) in [6.07, 6.45) is 1.53. The van der Waals surface area contributed by atoms with Crippen LogP contribution < -0.4 is 21.3 Å². The zero-order chi connectivity index (χ0) is 24.9. The highest BCUT2D eigenvalue weighted by Gasteiger charge is 2.25. The minimum absolute atomic E-state index is 0.0270. The van der Waals surface area contributed by atoms with Gasteiger partial charge in [-0.1, -0.05) is 30.3 Å². The summed E-state index contributed by atoms with van der Waals surface area (Å²) in [5.41, 5.74) is 0.443. The van der Waals surface area contributed by atoms with Crippen molar-refractivity contribution in [1.29, 1.82) is 0 Å². The number of nitrogens with one attached hydrogen (secondary N) is 1. The summed E-state index contributed by atoms with van der Waals surface area (Å²) >= 11 is 0. The number of aromatic nitrogens is 2. The number of benzene rings is 2. The average molecular weight is 479 g/mol. The summed E-state index contributed by atoms with van der Waals surface area (Å²) < 4.78 is 7.83. The second-order valence-corrected chi connectivity index (χ2v) is 8.65. The summed E-state index contributed by atoms with van der Waals surface area (Å²) in [5.74, 6) is 0.427. The van der Waals surface area contributed by atoms with Gasteiger partial charge in [-0.05, 0) is 38.0 Å². The number of hydrogen-bond acceptors (Lipinski definition) is 5. The molecule has 9 heteroatoms. The van der Waals surface area contributed by atoms with E-state index in [1.165, 1.54) is 4.57 Å². The molecule has 4 rings (SSSR count). The molecule has 0 radical (unpaired) electrons. The normalized spacial score (nSPS) is 14.2. The molecule has 2 amide bonds. The lowest BCUT2D eigenvalue weighted by molar-refractivity contribution is -0.131. The Morgan fingerprint density at radius 2 is 1.69 bits per heavy atom. The number of piperidine rings is 1. The predicted octanol–water partition coefficient (Wildman–Crippen LogP) is 1.54. The van der Waals surface area contributed by atoms with Crippen LogP contribution in [0, 0.1) is 0 Å². The van der Waals surface area contributed by atoms with Crippen LogP contribution in [0.5, 0.6) is 5.75 Å². The molecule has 9 nitrogen and oxygen atoms in total. The van der Waals surface area contributed by atoms with Crippen LogP contribution in [0.3, 0.4) is 0 Å². The molecule has 3 aromatic rings. The molecule has 1 aromatic heterocycles. The Bertz CT molecular complexity index is 1350. The molecular formula is C26H30N4O5. The topological polar surface area (TPSA) is 103 Å². The quantitative estimate of drug-likeness (QED) is 0.555. The van der Waals surface area contributed by atoms with Crippen LogP contribution in [0.4, 0.5) is 0 Å². The molecule has 2 aromatic carbocycles. The summed E-state index contributed by atoms with van der Waals surface area (Å²) in [7, 11) is 1.59. The highest BCUT2D eigenvalue weighted by Crippen LogP contribution is 2.20. The summed E-state index contributed by atoms with van der Waals surface area (Å²) in [5, 5.41) is 3.40. The monoisotopic (exact) mass is 478 g/mol. The van der Waals surface area contributed by atoms with Gasteiger partial charge in [0.05, 0.1) is 24.4 Å². The van der Waals surface area contributed by atoms with Crippen molar-refractivity contribution in [3.8, 4) is 5.75 Å². The Labute approximate surface area is 202 Å². The average Bonchev–Trinajstić information content (AvgIpc) is 2.87. The summed E-state index contributed by atoms with van der Waals surface area (Å²) in [6, 6.07) is 14.2. The van der Waals surface area contributed by atoms with Crippen LogP contribution in [0.2, 0.25) is 0 Å². The Balaban J connectivity index is 1.38. The number of likely N-dealkylation sites (tertiary alicyclic amines) is 1. The van der Waals surface area contributed by atoms with E-state index in [0.29, 0.717) is 42.6 Å². The number of carbonyl (C=O) groups excluding carboxylic acids is 2. The number of methoxy groups -OCH3 is 1. The molecule has 1 N–H and O–H groups in total. The lowest BCUT2D eigenvalue weighted by atomic mass is 10.0. The molecule has 2 heterocycles. The first-order valence-corrected chi connectivity index (χ1v) is 11.8. The molecule has 0 bridgehead atoms. The van der Waals surface area contributed by atoms with Crippen molar-refractivity contribution in [3.63, 3.8) is 0 Å². The van der Waals surface area contributed by atoms with Crippen molar-refractivity contribution in [3.05, 3.63) is 74.9 Å². The van der Waals surface area contributed by atoms with Gasteiger partial charge in [0.25, 0.3) is 5.56 Å². The molecular weight excluding hydrogens is 448 g/mol. The van der Waals surface area contributed by atoms with Gasteiger partial charge in [0.1, 0.15) is 12.3 Å². The maximum absolute atomic E-state index is 12.9. The zero-order valence-electron chi connectivity index (χ0n) is 20.0. The van der Waals surface area contributed by atoms with E-state index in [1.54, 1.807) is 38.3 Å². The van der Waals surface area contributed by atoms with Gasteiger partial charge in [0, 0.05) is 31.2 Å². The summed E-state index contributed by atoms with van der Waals surface area (Å²) in [4.78, 5) is 52.9. The minimum Gasteiger partial charge on any atom is -0.496 e. The maximum Gasteiger partial charge on any atom is 0.331 e. The molecule has 35 heavy (non-hydrogen) atoms. The smallest absolute Gasteiger partial charge is 0.331 e. The molecule has 1 aliphatic rings. The number of nitrogens with zero attached hydrogens (tertiary/aromatic N) is 3. The lowest BCUT2D eigenvalue weighted by Crippen LogP contribution is -2.48. The van der Waals surface area contributed by atoms with E-state index in [1.807, 2.05) is 29.2 Å². The summed E-state index contributed by atoms with van der Waals surface area (Å²) in [6.45, 7) is 2.87. The van der Waals surface area contributed by atoms with Gasteiger partial charge in [0.15, 0.2) is 0 Å². The van der Waals surface area contributed by atoms with Crippen molar-refractivity contribution in [2.75, 3.05) is 20.2 Å². The number of hydrogen-bond donors (Lipinski definition) is 1. The Kier molecular flexibility index (Phi) is 7.33. The van der Waals surface area contributed by atoms with Crippen LogP contribution in [0.15, 0.2) is 58.1 Å². The van der Waals surface area contributed by atoms with E-state index in [9.17, 15) is 19.2 Å². The van der Waals surface area contributed by atoms with E-state index < -0.39 is 5.69 Å². The molecule has 1 fully saturated rings. The maximum atomic E-state index is 12.9. The SMILES string of the molecule is CCn1c(=O)c2ccccc2n(CC(=O)NC2CCN(C(=O)Cc3ccccc3OC)CC2)c1=O. The second-order valence-electron chi connectivity index (χ2n) is 8.65. The third-order valence-corrected chi connectivity index (χ3v) is 6.50. The predicted molar refractivity (Wildman–Crippen MR) is 133 cm³/mol. The van der Waals surface area contributed by atoms with Crippen LogP contribution in [0.1, 0.15) is 25.3 Å². The van der Waals surface area contributed by atoms with Crippen molar-refractivity contribution < 1.29 is 14.3 Å². The largest absolute Gasteiger partial charge is 0.496 e. The van der Waals surface area contributed by atoms with Crippen LogP contribution in [0.25, 0.3) is 10.9 Å². The van der Waals surface area contributed by atoms with Gasteiger partial charge in [-0.25, -0.2) is 4.79 Å². The van der Waals surface area contributed by atoms with Gasteiger partial charge >= 0.3 is 5.69 Å². The Morgan fingerprint density at radius 3 is 2.40 bits per heavy atom. The van der Waals surface area contributed by atoms with Gasteiger partial charge in [-0.3, -0.25) is 23.5 Å². The minimum atomic E-state index is -0.497. The molecule has 0 saturated carbocycles. The molecule has 184 valence electrons. The van der Waals surface area contributed by atoms with E-state index in [4.69, 9.17) is 4.74 Å². The van der Waals surface area contributed by atoms with Crippen LogP contribution >= 0.6 is 0 Å². The zero-order valence-corrected chi connectivity index (χ0v) is 20.0. The number of fused-ring (bicyclic) bond motifs is 1. The van der Waals surface area contributed by atoms with Crippen LogP contribution in [-0.2, 0) is 29.1 Å². The van der Waals surface area contributed by atoms with E-state index in [0.717, 1.165) is 10.1 Å². The standard InChI is InChI=1S/C26H30N4O5/c1-3-29-25(33)20-9-5-6-10-21(20)30(26(29)34)17-23(31)27-19-12-14-28(15-13-19)24(32)16-18-8-4-7-11-22(18)35-2/h4-11,19H,3,12-17H2,1-2H3,(H,27,31). The first kappa shape index (κ1) is 24.3. The second kappa shape index (κ2) is 10.6. The number of rotatable bonds is 7. The first-order chi connectivity index (χ1) is 16.9. The number of ether oxygens (including phenoxy) is 1. The van der Waals surface area contributed by atoms with Crippen LogP contribution in [-0.4, -0.2) is 52.1 Å². The molecule has 1 aliphatic heterocycles. The number of amides is 2. The highest BCUT2D eigenvalue weighted by atomic mass is 16.5. The van der Waals surface area contributed by atoms with Crippen molar-refractivity contribution in [2.24, 2.45) is 0 Å². The lowest BCUT2D eigenvalue weighted by Gasteiger charge is -2.32. The van der Waals surface area contributed by atoms with Crippen molar-refractivity contribution in [2.45, 2.75) is 45.3 Å². The van der Waals surface area contributed by atoms with Crippen molar-refractivity contribution in [1.82, 2.24) is 19.4 Å².